The van der Waals surface area contributed by atoms with Crippen molar-refractivity contribution in [3.63, 3.8) is 0 Å². The van der Waals surface area contributed by atoms with Gasteiger partial charge in [-0.25, -0.2) is 4.98 Å². The SMILES string of the molecule is CCNc1nc2c(s1)CC(c1ccccc1)CC2. The van der Waals surface area contributed by atoms with Crippen LogP contribution in [-0.4, -0.2) is 11.5 Å². The van der Waals surface area contributed by atoms with E-state index in [1.165, 1.54) is 22.6 Å². The summed E-state index contributed by atoms with van der Waals surface area (Å²) in [6, 6.07) is 10.9. The summed E-state index contributed by atoms with van der Waals surface area (Å²) in [6.45, 7) is 3.07. The molecular formula is C15H18N2S. The topological polar surface area (TPSA) is 24.9 Å². The Labute approximate surface area is 112 Å². The minimum absolute atomic E-state index is 0.675. The van der Waals surface area contributed by atoms with E-state index in [9.17, 15) is 0 Å². The molecule has 1 N–H and O–H groups in total. The summed E-state index contributed by atoms with van der Waals surface area (Å²) in [5.74, 6) is 0.675. The van der Waals surface area contributed by atoms with Crippen LogP contribution in [0.15, 0.2) is 30.3 Å². The third-order valence-corrected chi connectivity index (χ3v) is 4.62. The lowest BCUT2D eigenvalue weighted by atomic mass is 9.85. The molecule has 0 spiro atoms. The summed E-state index contributed by atoms with van der Waals surface area (Å²) in [4.78, 5) is 6.15. The van der Waals surface area contributed by atoms with E-state index in [1.54, 1.807) is 0 Å². The van der Waals surface area contributed by atoms with Gasteiger partial charge in [0, 0.05) is 11.4 Å². The van der Waals surface area contributed by atoms with Gasteiger partial charge in [0.1, 0.15) is 0 Å². The first-order chi connectivity index (χ1) is 8.86. The van der Waals surface area contributed by atoms with Crippen molar-refractivity contribution in [2.24, 2.45) is 0 Å². The predicted molar refractivity (Wildman–Crippen MR) is 77.5 cm³/mol. The highest BCUT2D eigenvalue weighted by atomic mass is 32.1. The van der Waals surface area contributed by atoms with Crippen LogP contribution in [0.5, 0.6) is 0 Å². The molecule has 18 heavy (non-hydrogen) atoms. The van der Waals surface area contributed by atoms with E-state index in [1.807, 2.05) is 11.3 Å². The zero-order valence-electron chi connectivity index (χ0n) is 10.6. The molecule has 1 aliphatic carbocycles. The number of anilines is 1. The summed E-state index contributed by atoms with van der Waals surface area (Å²) >= 11 is 1.84. The number of fused-ring (bicyclic) bond motifs is 1. The normalized spacial score (nSPS) is 18.4. The number of thiazole rings is 1. The Hall–Kier alpha value is -1.35. The third kappa shape index (κ3) is 2.27. The quantitative estimate of drug-likeness (QED) is 0.904. The molecule has 1 aromatic heterocycles. The molecule has 0 radical (unpaired) electrons. The van der Waals surface area contributed by atoms with Crippen molar-refractivity contribution in [3.05, 3.63) is 46.5 Å². The summed E-state index contributed by atoms with van der Waals surface area (Å²) in [6.07, 6.45) is 3.51. The lowest BCUT2D eigenvalue weighted by Gasteiger charge is -2.21. The van der Waals surface area contributed by atoms with Crippen molar-refractivity contribution in [2.45, 2.75) is 32.1 Å². The Balaban J connectivity index is 1.80. The van der Waals surface area contributed by atoms with Crippen LogP contribution in [0.1, 0.15) is 35.4 Å². The summed E-state index contributed by atoms with van der Waals surface area (Å²) in [5, 5.41) is 4.42. The van der Waals surface area contributed by atoms with Gasteiger partial charge in [-0.2, -0.15) is 0 Å². The average Bonchev–Trinajstić information content (AvgIpc) is 2.81. The zero-order chi connectivity index (χ0) is 12.4. The second kappa shape index (κ2) is 5.11. The van der Waals surface area contributed by atoms with Gasteiger partial charge in [-0.05, 0) is 37.7 Å². The Morgan fingerprint density at radius 2 is 2.17 bits per heavy atom. The Morgan fingerprint density at radius 3 is 2.94 bits per heavy atom. The number of aromatic nitrogens is 1. The number of nitrogens with zero attached hydrogens (tertiary/aromatic N) is 1. The highest BCUT2D eigenvalue weighted by Gasteiger charge is 2.23. The lowest BCUT2D eigenvalue weighted by Crippen LogP contribution is -2.11. The van der Waals surface area contributed by atoms with Crippen LogP contribution in [0.25, 0.3) is 0 Å². The largest absolute Gasteiger partial charge is 0.362 e. The monoisotopic (exact) mass is 258 g/mol. The van der Waals surface area contributed by atoms with Gasteiger partial charge in [0.2, 0.25) is 0 Å². The molecule has 0 saturated heterocycles. The first-order valence-corrected chi connectivity index (χ1v) is 7.46. The second-order valence-corrected chi connectivity index (χ2v) is 5.85. The Kier molecular flexibility index (Phi) is 3.33. The molecule has 3 heteroatoms. The summed E-state index contributed by atoms with van der Waals surface area (Å²) in [7, 11) is 0. The van der Waals surface area contributed by atoms with E-state index in [0.717, 1.165) is 24.5 Å². The van der Waals surface area contributed by atoms with Gasteiger partial charge in [-0.15, -0.1) is 11.3 Å². The molecule has 2 nitrogen and oxygen atoms in total. The van der Waals surface area contributed by atoms with E-state index in [0.29, 0.717) is 5.92 Å². The number of hydrogen-bond acceptors (Lipinski definition) is 3. The van der Waals surface area contributed by atoms with Gasteiger partial charge in [-0.3, -0.25) is 0 Å². The number of aryl methyl sites for hydroxylation is 1. The van der Waals surface area contributed by atoms with Crippen LogP contribution in [0.3, 0.4) is 0 Å². The molecule has 94 valence electrons. The van der Waals surface area contributed by atoms with Crippen LogP contribution >= 0.6 is 11.3 Å². The van der Waals surface area contributed by atoms with E-state index in [2.05, 4.69) is 47.6 Å². The predicted octanol–water partition coefficient (Wildman–Crippen LogP) is 3.85. The Bertz CT molecular complexity index is 519. The fraction of sp³-hybridized carbons (Fsp3) is 0.400. The smallest absolute Gasteiger partial charge is 0.183 e. The summed E-state index contributed by atoms with van der Waals surface area (Å²) in [5.41, 5.74) is 2.80. The van der Waals surface area contributed by atoms with Crippen molar-refractivity contribution in [1.82, 2.24) is 4.98 Å². The van der Waals surface area contributed by atoms with Crippen molar-refractivity contribution in [1.29, 1.82) is 0 Å². The maximum Gasteiger partial charge on any atom is 0.183 e. The molecule has 3 rings (SSSR count). The van der Waals surface area contributed by atoms with Gasteiger partial charge in [0.05, 0.1) is 5.69 Å². The van der Waals surface area contributed by atoms with Crippen molar-refractivity contribution >= 4 is 16.5 Å². The van der Waals surface area contributed by atoms with Gasteiger partial charge in [0.15, 0.2) is 5.13 Å². The first-order valence-electron chi connectivity index (χ1n) is 6.64. The molecule has 1 aromatic carbocycles. The molecule has 1 atom stereocenters. The van der Waals surface area contributed by atoms with E-state index in [-0.39, 0.29) is 0 Å². The first kappa shape index (κ1) is 11.7. The highest BCUT2D eigenvalue weighted by Crippen LogP contribution is 2.36. The van der Waals surface area contributed by atoms with Crippen LogP contribution in [0, 0.1) is 0 Å². The maximum absolute atomic E-state index is 4.68. The fourth-order valence-electron chi connectivity index (χ4n) is 2.61. The molecule has 0 aliphatic heterocycles. The standard InChI is InChI=1S/C15H18N2S/c1-2-16-15-17-13-9-8-12(10-14(13)18-15)11-6-4-3-5-7-11/h3-7,12H,2,8-10H2,1H3,(H,16,17). The molecule has 0 amide bonds. The van der Waals surface area contributed by atoms with Crippen molar-refractivity contribution in [3.8, 4) is 0 Å². The van der Waals surface area contributed by atoms with Crippen LogP contribution in [0.4, 0.5) is 5.13 Å². The van der Waals surface area contributed by atoms with Gasteiger partial charge in [-0.1, -0.05) is 30.3 Å². The summed E-state index contributed by atoms with van der Waals surface area (Å²) < 4.78 is 0. The molecule has 1 unspecified atom stereocenters. The van der Waals surface area contributed by atoms with Gasteiger partial charge < -0.3 is 5.32 Å². The third-order valence-electron chi connectivity index (χ3n) is 3.54. The minimum Gasteiger partial charge on any atom is -0.362 e. The molecule has 0 saturated carbocycles. The number of rotatable bonds is 3. The van der Waals surface area contributed by atoms with Crippen LogP contribution in [0.2, 0.25) is 0 Å². The molecular weight excluding hydrogens is 240 g/mol. The van der Waals surface area contributed by atoms with Crippen LogP contribution < -0.4 is 5.32 Å². The average molecular weight is 258 g/mol. The molecule has 0 bridgehead atoms. The fourth-order valence-corrected chi connectivity index (χ4v) is 3.77. The lowest BCUT2D eigenvalue weighted by molar-refractivity contribution is 0.584. The number of nitrogens with one attached hydrogen (secondary N) is 1. The highest BCUT2D eigenvalue weighted by molar-refractivity contribution is 7.15. The molecule has 1 aliphatic rings. The van der Waals surface area contributed by atoms with E-state index in [4.69, 9.17) is 0 Å². The second-order valence-electron chi connectivity index (χ2n) is 4.77. The Morgan fingerprint density at radius 1 is 1.33 bits per heavy atom. The van der Waals surface area contributed by atoms with E-state index >= 15 is 0 Å². The minimum atomic E-state index is 0.675. The zero-order valence-corrected chi connectivity index (χ0v) is 11.5. The van der Waals surface area contributed by atoms with Gasteiger partial charge in [0.25, 0.3) is 0 Å². The van der Waals surface area contributed by atoms with Crippen molar-refractivity contribution < 1.29 is 0 Å². The van der Waals surface area contributed by atoms with Crippen LogP contribution in [-0.2, 0) is 12.8 Å². The molecule has 0 fully saturated rings. The van der Waals surface area contributed by atoms with Gasteiger partial charge >= 0.3 is 0 Å². The molecule has 1 heterocycles. The van der Waals surface area contributed by atoms with Crippen molar-refractivity contribution in [2.75, 3.05) is 11.9 Å². The molecule has 2 aromatic rings. The maximum atomic E-state index is 4.68. The van der Waals surface area contributed by atoms with E-state index < -0.39 is 0 Å². The number of benzene rings is 1. The number of hydrogen-bond donors (Lipinski definition) is 1.